The molecule has 0 radical (unpaired) electrons. The molecule has 0 spiro atoms. The summed E-state index contributed by atoms with van der Waals surface area (Å²) in [5, 5.41) is 3.02. The van der Waals surface area contributed by atoms with Crippen molar-refractivity contribution in [3.8, 4) is 0 Å². The summed E-state index contributed by atoms with van der Waals surface area (Å²) in [5.41, 5.74) is 3.26. The number of carbonyl (C=O) groups is 4. The van der Waals surface area contributed by atoms with Crippen LogP contribution < -0.4 is 16.2 Å². The molecular formula is C22H30N4O8S. The summed E-state index contributed by atoms with van der Waals surface area (Å²) in [6.07, 6.45) is 4.56. The molecule has 0 aliphatic carbocycles. The molecule has 192 valence electrons. The van der Waals surface area contributed by atoms with E-state index >= 15 is 0 Å². The number of carbonyl (C=O) groups excluding carboxylic acids is 4. The molecule has 0 unspecified atom stereocenters. The third-order valence-electron chi connectivity index (χ3n) is 4.72. The maximum Gasteiger partial charge on any atom is 0.426 e. The second-order valence-electron chi connectivity index (χ2n) is 8.77. The molecule has 0 saturated carbocycles. The van der Waals surface area contributed by atoms with E-state index in [2.05, 4.69) is 5.32 Å². The number of hydrazine groups is 1. The average molecular weight is 511 g/mol. The van der Waals surface area contributed by atoms with Gasteiger partial charge in [-0.15, -0.1) is 0 Å². The lowest BCUT2D eigenvalue weighted by Crippen LogP contribution is -2.44. The largest absolute Gasteiger partial charge is 0.443 e. The van der Waals surface area contributed by atoms with Crippen molar-refractivity contribution in [2.45, 2.75) is 57.0 Å². The highest BCUT2D eigenvalue weighted by atomic mass is 32.2. The van der Waals surface area contributed by atoms with E-state index in [1.165, 1.54) is 29.2 Å². The van der Waals surface area contributed by atoms with Crippen molar-refractivity contribution in [1.82, 2.24) is 15.8 Å². The van der Waals surface area contributed by atoms with Crippen LogP contribution in [0.1, 0.15) is 56.8 Å². The van der Waals surface area contributed by atoms with Gasteiger partial charge < -0.3 is 10.1 Å². The summed E-state index contributed by atoms with van der Waals surface area (Å²) in [6.45, 7) is 5.75. The van der Waals surface area contributed by atoms with E-state index in [1.54, 1.807) is 20.8 Å². The molecule has 1 aromatic carbocycles. The Morgan fingerprint density at radius 3 is 2.23 bits per heavy atom. The second-order valence-corrected chi connectivity index (χ2v) is 10.2. The van der Waals surface area contributed by atoms with Crippen LogP contribution in [0.5, 0.6) is 0 Å². The van der Waals surface area contributed by atoms with Gasteiger partial charge in [0.2, 0.25) is 0 Å². The first-order chi connectivity index (χ1) is 16.3. The maximum absolute atomic E-state index is 12.4. The Morgan fingerprint density at radius 1 is 1.00 bits per heavy atom. The number of anilines is 1. The summed E-state index contributed by atoms with van der Waals surface area (Å²) >= 11 is 0. The lowest BCUT2D eigenvalue weighted by atomic mass is 10.1. The predicted molar refractivity (Wildman–Crippen MR) is 126 cm³/mol. The topological polar surface area (TPSA) is 171 Å². The third kappa shape index (κ3) is 9.02. The summed E-state index contributed by atoms with van der Waals surface area (Å²) < 4.78 is 38.2. The van der Waals surface area contributed by atoms with Crippen LogP contribution in [0.15, 0.2) is 35.2 Å². The van der Waals surface area contributed by atoms with Crippen molar-refractivity contribution in [2.75, 3.05) is 18.4 Å². The zero-order chi connectivity index (χ0) is 26.2. The predicted octanol–water partition coefficient (Wildman–Crippen LogP) is 2.00. The Balaban J connectivity index is 1.84. The maximum atomic E-state index is 12.4. The molecule has 0 saturated heterocycles. The van der Waals surface area contributed by atoms with Crippen LogP contribution in [0, 0.1) is 0 Å². The van der Waals surface area contributed by atoms with Crippen LogP contribution in [0.2, 0.25) is 0 Å². The van der Waals surface area contributed by atoms with Crippen LogP contribution in [-0.2, 0) is 24.4 Å². The molecule has 12 nitrogen and oxygen atoms in total. The van der Waals surface area contributed by atoms with E-state index in [0.717, 1.165) is 25.3 Å². The number of imide groups is 1. The van der Waals surface area contributed by atoms with Gasteiger partial charge in [0.05, 0.1) is 5.56 Å². The van der Waals surface area contributed by atoms with Crippen molar-refractivity contribution in [3.05, 3.63) is 35.9 Å². The third-order valence-corrected chi connectivity index (χ3v) is 5.61. The minimum atomic E-state index is -4.74. The normalized spacial score (nSPS) is 13.7. The molecule has 0 bridgehead atoms. The van der Waals surface area contributed by atoms with E-state index in [0.29, 0.717) is 25.2 Å². The first kappa shape index (κ1) is 27.8. The molecule has 1 heterocycles. The van der Waals surface area contributed by atoms with Crippen molar-refractivity contribution in [3.63, 3.8) is 0 Å². The molecule has 35 heavy (non-hydrogen) atoms. The molecule has 0 atom stereocenters. The molecule has 2 rings (SSSR count). The average Bonchev–Trinajstić information content (AvgIpc) is 3.07. The highest BCUT2D eigenvalue weighted by Gasteiger charge is 2.23. The zero-order valence-electron chi connectivity index (χ0n) is 19.8. The van der Waals surface area contributed by atoms with Gasteiger partial charge in [0.1, 0.15) is 10.5 Å². The van der Waals surface area contributed by atoms with E-state index in [4.69, 9.17) is 4.74 Å². The first-order valence-electron chi connectivity index (χ1n) is 11.0. The second kappa shape index (κ2) is 11.8. The number of hydrogen-bond acceptors (Lipinski definition) is 8. The molecule has 1 aliphatic rings. The van der Waals surface area contributed by atoms with Gasteiger partial charge in [-0.3, -0.25) is 29.3 Å². The van der Waals surface area contributed by atoms with E-state index < -0.39 is 32.6 Å². The smallest absolute Gasteiger partial charge is 0.426 e. The van der Waals surface area contributed by atoms with Crippen molar-refractivity contribution >= 4 is 39.6 Å². The highest BCUT2D eigenvalue weighted by Crippen LogP contribution is 2.21. The Kier molecular flexibility index (Phi) is 9.37. The Hall–Kier alpha value is -3.45. The SMILES string of the molecule is CC(C)(C)OC(=O)NNC(=O)c1ccc(NCCCCCCN2C(=O)C=CC2=O)cc1S(=O)(=O)O. The summed E-state index contributed by atoms with van der Waals surface area (Å²) in [4.78, 5) is 47.6. The Bertz CT molecular complexity index is 1090. The number of unbranched alkanes of at least 4 members (excludes halogenated alkanes) is 3. The number of nitrogens with zero attached hydrogens (tertiary/aromatic N) is 1. The van der Waals surface area contributed by atoms with Crippen molar-refractivity contribution < 1.29 is 36.9 Å². The van der Waals surface area contributed by atoms with E-state index in [1.807, 2.05) is 10.9 Å². The fourth-order valence-corrected chi connectivity index (χ4v) is 3.86. The number of benzene rings is 1. The number of hydrogen-bond donors (Lipinski definition) is 4. The van der Waals surface area contributed by atoms with Gasteiger partial charge >= 0.3 is 6.09 Å². The number of amides is 4. The number of nitrogens with one attached hydrogen (secondary N) is 3. The Morgan fingerprint density at radius 2 is 1.63 bits per heavy atom. The molecule has 4 N–H and O–H groups in total. The molecule has 0 aromatic heterocycles. The van der Waals surface area contributed by atoms with Gasteiger partial charge in [-0.25, -0.2) is 10.2 Å². The first-order valence-corrected chi connectivity index (χ1v) is 12.4. The fourth-order valence-electron chi connectivity index (χ4n) is 3.14. The van der Waals surface area contributed by atoms with Gasteiger partial charge in [0.25, 0.3) is 27.8 Å². The molecule has 1 aliphatic heterocycles. The summed E-state index contributed by atoms with van der Waals surface area (Å²) in [5.74, 6) is -1.56. The van der Waals surface area contributed by atoms with Crippen LogP contribution in [-0.4, -0.2) is 60.4 Å². The zero-order valence-corrected chi connectivity index (χ0v) is 20.6. The fraction of sp³-hybridized carbons (Fsp3) is 0.455. The lowest BCUT2D eigenvalue weighted by Gasteiger charge is -2.20. The van der Waals surface area contributed by atoms with E-state index in [9.17, 15) is 32.1 Å². The molecular weight excluding hydrogens is 480 g/mol. The standard InChI is InChI=1S/C22H30N4O8S/c1-22(2,3)34-21(30)25-24-20(29)16-9-8-15(14-17(16)35(31,32)33)23-12-6-4-5-7-13-26-18(27)10-11-19(26)28/h8-11,14,23H,4-7,12-13H2,1-3H3,(H,24,29)(H,25,30)(H,31,32,33). The number of rotatable bonds is 10. The minimum absolute atomic E-state index is 0.302. The van der Waals surface area contributed by atoms with Crippen LogP contribution >= 0.6 is 0 Å². The van der Waals surface area contributed by atoms with Crippen LogP contribution in [0.25, 0.3) is 0 Å². The van der Waals surface area contributed by atoms with Crippen LogP contribution in [0.3, 0.4) is 0 Å². The quantitative estimate of drug-likeness (QED) is 0.159. The molecule has 1 aromatic rings. The van der Waals surface area contributed by atoms with Gasteiger partial charge in [0.15, 0.2) is 0 Å². The Labute approximate surface area is 203 Å². The lowest BCUT2D eigenvalue weighted by molar-refractivity contribution is -0.136. The highest BCUT2D eigenvalue weighted by molar-refractivity contribution is 7.86. The monoisotopic (exact) mass is 510 g/mol. The molecule has 4 amide bonds. The molecule has 0 fully saturated rings. The van der Waals surface area contributed by atoms with Gasteiger partial charge in [-0.2, -0.15) is 8.42 Å². The van der Waals surface area contributed by atoms with Gasteiger partial charge in [-0.1, -0.05) is 12.8 Å². The summed E-state index contributed by atoms with van der Waals surface area (Å²) in [7, 11) is -4.74. The van der Waals surface area contributed by atoms with Gasteiger partial charge in [0, 0.05) is 30.9 Å². The minimum Gasteiger partial charge on any atom is -0.443 e. The summed E-state index contributed by atoms with van der Waals surface area (Å²) in [6, 6.07) is 3.79. The van der Waals surface area contributed by atoms with Crippen LogP contribution in [0.4, 0.5) is 10.5 Å². The van der Waals surface area contributed by atoms with Crippen molar-refractivity contribution in [1.29, 1.82) is 0 Å². The van der Waals surface area contributed by atoms with Crippen molar-refractivity contribution in [2.24, 2.45) is 0 Å². The number of ether oxygens (including phenoxy) is 1. The molecule has 13 heteroatoms. The van der Waals surface area contributed by atoms with E-state index in [-0.39, 0.29) is 17.4 Å². The van der Waals surface area contributed by atoms with Gasteiger partial charge in [-0.05, 0) is 51.8 Å².